The molecule has 18 heavy (non-hydrogen) atoms. The van der Waals surface area contributed by atoms with Crippen molar-refractivity contribution in [3.05, 3.63) is 30.3 Å². The molecule has 2 rings (SSSR count). The molecule has 2 atom stereocenters. The van der Waals surface area contributed by atoms with Crippen molar-refractivity contribution >= 4 is 17.4 Å². The van der Waals surface area contributed by atoms with Gasteiger partial charge >= 0.3 is 0 Å². The second-order valence-corrected chi connectivity index (χ2v) is 6.82. The zero-order valence-corrected chi connectivity index (χ0v) is 12.2. The minimum atomic E-state index is 0.936. The van der Waals surface area contributed by atoms with Crippen LogP contribution < -0.4 is 5.32 Å². The fourth-order valence-corrected chi connectivity index (χ4v) is 4.08. The van der Waals surface area contributed by atoms with Gasteiger partial charge in [-0.1, -0.05) is 38.0 Å². The number of thioether (sulfide) groups is 1. The average molecular weight is 263 g/mol. The predicted octanol–water partition coefficient (Wildman–Crippen LogP) is 4.80. The van der Waals surface area contributed by atoms with Crippen molar-refractivity contribution in [1.29, 1.82) is 0 Å². The van der Waals surface area contributed by atoms with Crippen LogP contribution >= 0.6 is 11.8 Å². The summed E-state index contributed by atoms with van der Waals surface area (Å²) < 4.78 is 0. The molecule has 0 bridgehead atoms. The number of para-hydroxylation sites is 1. The summed E-state index contributed by atoms with van der Waals surface area (Å²) in [7, 11) is 0. The Labute approximate surface area is 116 Å². The summed E-state index contributed by atoms with van der Waals surface area (Å²) in [5, 5.41) is 4.41. The number of anilines is 1. The van der Waals surface area contributed by atoms with Crippen molar-refractivity contribution in [2.75, 3.05) is 17.6 Å². The van der Waals surface area contributed by atoms with Crippen molar-refractivity contribution in [3.63, 3.8) is 0 Å². The third-order valence-electron chi connectivity index (χ3n) is 3.67. The Balaban J connectivity index is 1.53. The Kier molecular flexibility index (Phi) is 5.92. The van der Waals surface area contributed by atoms with Gasteiger partial charge in [-0.2, -0.15) is 11.8 Å². The summed E-state index contributed by atoms with van der Waals surface area (Å²) in [6.07, 6.45) is 7.05. The minimum Gasteiger partial charge on any atom is -0.385 e. The molecule has 0 aliphatic heterocycles. The molecule has 1 aromatic rings. The highest BCUT2D eigenvalue weighted by atomic mass is 32.2. The van der Waals surface area contributed by atoms with E-state index in [1.807, 2.05) is 0 Å². The van der Waals surface area contributed by atoms with Gasteiger partial charge in [-0.25, -0.2) is 0 Å². The van der Waals surface area contributed by atoms with E-state index < -0.39 is 0 Å². The molecule has 0 heterocycles. The Hall–Kier alpha value is -0.630. The molecule has 1 aliphatic carbocycles. The highest BCUT2D eigenvalue weighted by molar-refractivity contribution is 7.99. The molecule has 0 amide bonds. The first-order chi connectivity index (χ1) is 8.84. The molecule has 100 valence electrons. The SMILES string of the molecule is CC1CCCC(SCCCNc2ccccc2)C1. The van der Waals surface area contributed by atoms with Crippen LogP contribution in [-0.4, -0.2) is 17.5 Å². The Morgan fingerprint density at radius 1 is 1.22 bits per heavy atom. The fraction of sp³-hybridized carbons (Fsp3) is 0.625. The third-order valence-corrected chi connectivity index (χ3v) is 5.09. The normalized spacial score (nSPS) is 23.8. The maximum atomic E-state index is 3.48. The lowest BCUT2D eigenvalue weighted by molar-refractivity contribution is 0.394. The van der Waals surface area contributed by atoms with Gasteiger partial charge in [0.25, 0.3) is 0 Å². The van der Waals surface area contributed by atoms with Gasteiger partial charge in [-0.15, -0.1) is 0 Å². The highest BCUT2D eigenvalue weighted by Gasteiger charge is 2.18. The first-order valence-electron chi connectivity index (χ1n) is 7.25. The Morgan fingerprint density at radius 2 is 2.06 bits per heavy atom. The van der Waals surface area contributed by atoms with Gasteiger partial charge in [0.2, 0.25) is 0 Å². The molecule has 0 saturated heterocycles. The summed E-state index contributed by atoms with van der Waals surface area (Å²) in [6.45, 7) is 3.50. The van der Waals surface area contributed by atoms with Gasteiger partial charge in [-0.3, -0.25) is 0 Å². The number of nitrogens with one attached hydrogen (secondary N) is 1. The van der Waals surface area contributed by atoms with Crippen molar-refractivity contribution in [3.8, 4) is 0 Å². The van der Waals surface area contributed by atoms with Crippen molar-refractivity contribution in [2.45, 2.75) is 44.3 Å². The number of rotatable bonds is 6. The largest absolute Gasteiger partial charge is 0.385 e. The van der Waals surface area contributed by atoms with Crippen LogP contribution in [0, 0.1) is 5.92 Å². The summed E-state index contributed by atoms with van der Waals surface area (Å²) in [5.41, 5.74) is 1.24. The maximum absolute atomic E-state index is 3.48. The van der Waals surface area contributed by atoms with Crippen molar-refractivity contribution < 1.29 is 0 Å². The molecular formula is C16H25NS. The number of benzene rings is 1. The molecular weight excluding hydrogens is 238 g/mol. The highest BCUT2D eigenvalue weighted by Crippen LogP contribution is 2.32. The first kappa shape index (κ1) is 13.8. The van der Waals surface area contributed by atoms with Crippen LogP contribution in [0.2, 0.25) is 0 Å². The summed E-state index contributed by atoms with van der Waals surface area (Å²) >= 11 is 2.20. The molecule has 1 N–H and O–H groups in total. The van der Waals surface area contributed by atoms with E-state index in [9.17, 15) is 0 Å². The van der Waals surface area contributed by atoms with Gasteiger partial charge in [0.1, 0.15) is 0 Å². The number of hydrogen-bond acceptors (Lipinski definition) is 2. The van der Waals surface area contributed by atoms with Crippen LogP contribution in [0.1, 0.15) is 39.0 Å². The Morgan fingerprint density at radius 3 is 2.83 bits per heavy atom. The van der Waals surface area contributed by atoms with Crippen LogP contribution in [-0.2, 0) is 0 Å². The van der Waals surface area contributed by atoms with E-state index in [-0.39, 0.29) is 0 Å². The quantitative estimate of drug-likeness (QED) is 0.740. The van der Waals surface area contributed by atoms with E-state index in [0.717, 1.165) is 17.7 Å². The molecule has 2 unspecified atom stereocenters. The second-order valence-electron chi connectivity index (χ2n) is 5.41. The molecule has 1 aliphatic rings. The topological polar surface area (TPSA) is 12.0 Å². The standard InChI is InChI=1S/C16H25NS/c1-14-7-5-10-16(13-14)18-12-6-11-17-15-8-3-2-4-9-15/h2-4,8-9,14,16-17H,5-7,10-13H2,1H3. The van der Waals surface area contributed by atoms with E-state index >= 15 is 0 Å². The van der Waals surface area contributed by atoms with Crippen molar-refractivity contribution in [2.24, 2.45) is 5.92 Å². The smallest absolute Gasteiger partial charge is 0.0340 e. The summed E-state index contributed by atoms with van der Waals surface area (Å²) in [4.78, 5) is 0. The second kappa shape index (κ2) is 7.73. The van der Waals surface area contributed by atoms with E-state index in [2.05, 4.69) is 54.3 Å². The predicted molar refractivity (Wildman–Crippen MR) is 83.4 cm³/mol. The Bertz CT molecular complexity index is 325. The van der Waals surface area contributed by atoms with Gasteiger partial charge in [-0.05, 0) is 43.1 Å². The molecule has 1 fully saturated rings. The average Bonchev–Trinajstić information content (AvgIpc) is 2.40. The van der Waals surface area contributed by atoms with Crippen LogP contribution in [0.15, 0.2) is 30.3 Å². The lowest BCUT2D eigenvalue weighted by Gasteiger charge is -2.26. The van der Waals surface area contributed by atoms with Crippen molar-refractivity contribution in [1.82, 2.24) is 0 Å². The third kappa shape index (κ3) is 4.93. The molecule has 1 aromatic carbocycles. The lowest BCUT2D eigenvalue weighted by Crippen LogP contribution is -2.16. The van der Waals surface area contributed by atoms with E-state index in [4.69, 9.17) is 0 Å². The maximum Gasteiger partial charge on any atom is 0.0340 e. The number of hydrogen-bond donors (Lipinski definition) is 1. The van der Waals surface area contributed by atoms with Crippen LogP contribution in [0.4, 0.5) is 5.69 Å². The van der Waals surface area contributed by atoms with Gasteiger partial charge in [0, 0.05) is 17.5 Å². The fourth-order valence-electron chi connectivity index (χ4n) is 2.64. The summed E-state index contributed by atoms with van der Waals surface area (Å²) in [5.74, 6) is 2.26. The van der Waals surface area contributed by atoms with Crippen LogP contribution in [0.5, 0.6) is 0 Å². The van der Waals surface area contributed by atoms with Gasteiger partial charge < -0.3 is 5.32 Å². The zero-order chi connectivity index (χ0) is 12.6. The van der Waals surface area contributed by atoms with Crippen LogP contribution in [0.25, 0.3) is 0 Å². The van der Waals surface area contributed by atoms with Crippen LogP contribution in [0.3, 0.4) is 0 Å². The zero-order valence-electron chi connectivity index (χ0n) is 11.4. The minimum absolute atomic E-state index is 0.936. The van der Waals surface area contributed by atoms with E-state index in [0.29, 0.717) is 0 Å². The van der Waals surface area contributed by atoms with Gasteiger partial charge in [0.15, 0.2) is 0 Å². The first-order valence-corrected chi connectivity index (χ1v) is 8.30. The molecule has 0 spiro atoms. The van der Waals surface area contributed by atoms with E-state index in [1.165, 1.54) is 43.5 Å². The molecule has 0 aromatic heterocycles. The molecule has 0 radical (unpaired) electrons. The molecule has 1 saturated carbocycles. The van der Waals surface area contributed by atoms with E-state index in [1.54, 1.807) is 0 Å². The molecule has 2 heteroatoms. The lowest BCUT2D eigenvalue weighted by atomic mass is 9.91. The monoisotopic (exact) mass is 263 g/mol. The molecule has 1 nitrogen and oxygen atoms in total. The van der Waals surface area contributed by atoms with Gasteiger partial charge in [0.05, 0.1) is 0 Å². The summed E-state index contributed by atoms with van der Waals surface area (Å²) in [6, 6.07) is 10.5.